The third kappa shape index (κ3) is 2.21. The van der Waals surface area contributed by atoms with Crippen molar-refractivity contribution in [1.29, 1.82) is 0 Å². The maximum absolute atomic E-state index is 10.1. The summed E-state index contributed by atoms with van der Waals surface area (Å²) in [4.78, 5) is 4.05. The van der Waals surface area contributed by atoms with Crippen LogP contribution >= 0.6 is 0 Å². The van der Waals surface area contributed by atoms with Crippen molar-refractivity contribution < 1.29 is 5.11 Å². The minimum absolute atomic E-state index is 0.448. The molecule has 1 unspecified atom stereocenters. The highest BCUT2D eigenvalue weighted by Gasteiger charge is 2.26. The van der Waals surface area contributed by atoms with E-state index >= 15 is 0 Å². The molecule has 72 valence electrons. The van der Waals surface area contributed by atoms with Gasteiger partial charge in [-0.3, -0.25) is 4.98 Å². The molecule has 0 fully saturated rings. The van der Waals surface area contributed by atoms with Crippen LogP contribution in [0.15, 0.2) is 37.1 Å². The van der Waals surface area contributed by atoms with Gasteiger partial charge in [0, 0.05) is 6.20 Å². The van der Waals surface area contributed by atoms with Crippen molar-refractivity contribution in [3.63, 3.8) is 0 Å². The van der Waals surface area contributed by atoms with Crippen LogP contribution in [0.1, 0.15) is 18.5 Å². The van der Waals surface area contributed by atoms with Crippen molar-refractivity contribution in [2.45, 2.75) is 18.4 Å². The fourth-order valence-corrected chi connectivity index (χ4v) is 1.19. The standard InChI is InChI=1S/C12H13NO/c1-3-5-9-12(14,4-2)11-8-6-7-10-13-11/h2-3,6-8,10,14H,1,5,9H2. The van der Waals surface area contributed by atoms with E-state index in [-0.39, 0.29) is 0 Å². The highest BCUT2D eigenvalue weighted by atomic mass is 16.3. The molecule has 1 heterocycles. The van der Waals surface area contributed by atoms with Crippen molar-refractivity contribution in [3.8, 4) is 12.3 Å². The largest absolute Gasteiger partial charge is 0.372 e. The summed E-state index contributed by atoms with van der Waals surface area (Å²) >= 11 is 0. The van der Waals surface area contributed by atoms with Gasteiger partial charge < -0.3 is 5.11 Å². The highest BCUT2D eigenvalue weighted by Crippen LogP contribution is 2.23. The van der Waals surface area contributed by atoms with Gasteiger partial charge in [-0.25, -0.2) is 0 Å². The van der Waals surface area contributed by atoms with Crippen LogP contribution in [0, 0.1) is 12.3 Å². The molecule has 2 nitrogen and oxygen atoms in total. The number of hydrogen-bond donors (Lipinski definition) is 1. The summed E-state index contributed by atoms with van der Waals surface area (Å²) in [5.41, 5.74) is -0.750. The lowest BCUT2D eigenvalue weighted by atomic mass is 9.94. The Morgan fingerprint density at radius 3 is 2.93 bits per heavy atom. The van der Waals surface area contributed by atoms with E-state index in [1.54, 1.807) is 30.5 Å². The van der Waals surface area contributed by atoms with Gasteiger partial charge in [-0.1, -0.05) is 18.1 Å². The number of rotatable bonds is 4. The predicted octanol–water partition coefficient (Wildman–Crippen LogP) is 1.87. The number of aliphatic hydroxyl groups is 1. The van der Waals surface area contributed by atoms with Crippen LogP contribution in [0.4, 0.5) is 0 Å². The maximum atomic E-state index is 10.1. The number of aromatic nitrogens is 1. The van der Waals surface area contributed by atoms with E-state index in [9.17, 15) is 5.11 Å². The van der Waals surface area contributed by atoms with Crippen molar-refractivity contribution in [1.82, 2.24) is 4.98 Å². The smallest absolute Gasteiger partial charge is 0.167 e. The first-order chi connectivity index (χ1) is 6.73. The Balaban J connectivity index is 2.91. The topological polar surface area (TPSA) is 33.1 Å². The summed E-state index contributed by atoms with van der Waals surface area (Å²) in [7, 11) is 0. The third-order valence-electron chi connectivity index (χ3n) is 2.04. The van der Waals surface area contributed by atoms with E-state index in [4.69, 9.17) is 6.42 Å². The van der Waals surface area contributed by atoms with Crippen LogP contribution < -0.4 is 0 Å². The van der Waals surface area contributed by atoms with Gasteiger partial charge in [-0.2, -0.15) is 0 Å². The minimum Gasteiger partial charge on any atom is -0.372 e. The van der Waals surface area contributed by atoms with Gasteiger partial charge in [0.25, 0.3) is 0 Å². The van der Waals surface area contributed by atoms with E-state index < -0.39 is 5.60 Å². The van der Waals surface area contributed by atoms with E-state index in [2.05, 4.69) is 17.5 Å². The highest BCUT2D eigenvalue weighted by molar-refractivity contribution is 5.23. The van der Waals surface area contributed by atoms with Crippen molar-refractivity contribution in [3.05, 3.63) is 42.7 Å². The fourth-order valence-electron chi connectivity index (χ4n) is 1.19. The molecule has 1 aromatic heterocycles. The number of terminal acetylenes is 1. The zero-order valence-corrected chi connectivity index (χ0v) is 7.98. The van der Waals surface area contributed by atoms with Crippen LogP contribution in [0.5, 0.6) is 0 Å². The molecule has 0 aliphatic carbocycles. The second kappa shape index (κ2) is 4.59. The van der Waals surface area contributed by atoms with Gasteiger partial charge in [0.1, 0.15) is 0 Å². The van der Waals surface area contributed by atoms with Gasteiger partial charge in [0.2, 0.25) is 0 Å². The molecule has 2 heteroatoms. The summed E-state index contributed by atoms with van der Waals surface area (Å²) in [5, 5.41) is 10.1. The van der Waals surface area contributed by atoms with Gasteiger partial charge in [0.05, 0.1) is 5.69 Å². The summed E-state index contributed by atoms with van der Waals surface area (Å²) < 4.78 is 0. The molecular weight excluding hydrogens is 174 g/mol. The number of nitrogens with zero attached hydrogens (tertiary/aromatic N) is 1. The van der Waals surface area contributed by atoms with Crippen LogP contribution in [-0.4, -0.2) is 10.1 Å². The molecule has 0 saturated heterocycles. The summed E-state index contributed by atoms with van der Waals surface area (Å²) in [6.45, 7) is 3.59. The monoisotopic (exact) mass is 187 g/mol. The molecule has 0 aliphatic rings. The zero-order chi connectivity index (χ0) is 10.4. The Morgan fingerprint density at radius 1 is 1.64 bits per heavy atom. The molecule has 0 saturated carbocycles. The second-order valence-electron chi connectivity index (χ2n) is 3.05. The number of hydrogen-bond acceptors (Lipinski definition) is 2. The first-order valence-corrected chi connectivity index (χ1v) is 4.45. The molecule has 1 N–H and O–H groups in total. The first kappa shape index (κ1) is 10.5. The lowest BCUT2D eigenvalue weighted by molar-refractivity contribution is 0.0869. The molecular formula is C12H13NO. The quantitative estimate of drug-likeness (QED) is 0.576. The summed E-state index contributed by atoms with van der Waals surface area (Å²) in [6.07, 6.45) is 9.76. The molecule has 1 atom stereocenters. The molecule has 0 spiro atoms. The van der Waals surface area contributed by atoms with Gasteiger partial charge in [-0.15, -0.1) is 13.0 Å². The summed E-state index contributed by atoms with van der Waals surface area (Å²) in [5.74, 6) is 2.37. The van der Waals surface area contributed by atoms with Crippen LogP contribution in [-0.2, 0) is 5.60 Å². The molecule has 0 aromatic carbocycles. The Morgan fingerprint density at radius 2 is 2.43 bits per heavy atom. The second-order valence-corrected chi connectivity index (χ2v) is 3.05. The van der Waals surface area contributed by atoms with Crippen LogP contribution in [0.25, 0.3) is 0 Å². The normalized spacial score (nSPS) is 14.0. The van der Waals surface area contributed by atoms with Crippen LogP contribution in [0.2, 0.25) is 0 Å². The molecule has 0 bridgehead atoms. The van der Waals surface area contributed by atoms with E-state index in [0.717, 1.165) is 0 Å². The molecule has 0 aliphatic heterocycles. The number of pyridine rings is 1. The molecule has 0 radical (unpaired) electrons. The lowest BCUT2D eigenvalue weighted by Gasteiger charge is -2.20. The Kier molecular flexibility index (Phi) is 3.44. The van der Waals surface area contributed by atoms with Gasteiger partial charge >= 0.3 is 0 Å². The van der Waals surface area contributed by atoms with E-state index in [1.807, 2.05) is 0 Å². The minimum atomic E-state index is -1.27. The third-order valence-corrected chi connectivity index (χ3v) is 2.04. The zero-order valence-electron chi connectivity index (χ0n) is 7.98. The van der Waals surface area contributed by atoms with Crippen molar-refractivity contribution in [2.75, 3.05) is 0 Å². The van der Waals surface area contributed by atoms with E-state index in [1.165, 1.54) is 0 Å². The fraction of sp³-hybridized carbons (Fsp3) is 0.250. The summed E-state index contributed by atoms with van der Waals surface area (Å²) in [6, 6.07) is 5.31. The average Bonchev–Trinajstić information content (AvgIpc) is 2.27. The van der Waals surface area contributed by atoms with E-state index in [0.29, 0.717) is 18.5 Å². The Bertz CT molecular complexity index is 339. The van der Waals surface area contributed by atoms with Crippen LogP contribution in [0.3, 0.4) is 0 Å². The van der Waals surface area contributed by atoms with Crippen molar-refractivity contribution >= 4 is 0 Å². The Labute approximate surface area is 84.3 Å². The Hall–Kier alpha value is -1.59. The van der Waals surface area contributed by atoms with Crippen molar-refractivity contribution in [2.24, 2.45) is 0 Å². The first-order valence-electron chi connectivity index (χ1n) is 4.45. The van der Waals surface area contributed by atoms with Gasteiger partial charge in [0.15, 0.2) is 5.60 Å². The predicted molar refractivity (Wildman–Crippen MR) is 56.4 cm³/mol. The molecule has 0 amide bonds. The lowest BCUT2D eigenvalue weighted by Crippen LogP contribution is -2.24. The average molecular weight is 187 g/mol. The maximum Gasteiger partial charge on any atom is 0.167 e. The molecule has 14 heavy (non-hydrogen) atoms. The molecule has 1 rings (SSSR count). The number of allylic oxidation sites excluding steroid dienone is 1. The van der Waals surface area contributed by atoms with Gasteiger partial charge in [-0.05, 0) is 25.0 Å². The molecule has 1 aromatic rings. The SMILES string of the molecule is C#CC(O)(CCC=C)c1ccccn1.